The average molecular weight is 238 g/mol. The zero-order chi connectivity index (χ0) is 12.5. The van der Waals surface area contributed by atoms with Gasteiger partial charge in [0.2, 0.25) is 0 Å². The van der Waals surface area contributed by atoms with Gasteiger partial charge in [-0.1, -0.05) is 19.9 Å². The van der Waals surface area contributed by atoms with Gasteiger partial charge in [0.25, 0.3) is 10.1 Å². The second-order valence-electron chi connectivity index (χ2n) is 2.87. The van der Waals surface area contributed by atoms with Crippen LogP contribution < -0.4 is 0 Å². The van der Waals surface area contributed by atoms with Gasteiger partial charge in [-0.25, -0.2) is 0 Å². The van der Waals surface area contributed by atoms with Gasteiger partial charge in [0, 0.05) is 0 Å². The molecule has 0 bridgehead atoms. The smallest absolute Gasteiger partial charge is 0.308 e. The van der Waals surface area contributed by atoms with Crippen molar-refractivity contribution >= 4 is 16.1 Å². The maximum atomic E-state index is 10.5. The molecule has 0 heterocycles. The highest BCUT2D eigenvalue weighted by Gasteiger charge is 2.08. The molecule has 0 saturated heterocycles. The molecule has 15 heavy (non-hydrogen) atoms. The summed E-state index contributed by atoms with van der Waals surface area (Å²) in [6.45, 7) is 6.92. The summed E-state index contributed by atoms with van der Waals surface area (Å²) >= 11 is 0. The van der Waals surface area contributed by atoms with E-state index in [1.54, 1.807) is 0 Å². The van der Waals surface area contributed by atoms with Crippen LogP contribution in [0.25, 0.3) is 0 Å². The van der Waals surface area contributed by atoms with Crippen LogP contribution in [0.2, 0.25) is 0 Å². The van der Waals surface area contributed by atoms with Crippen LogP contribution in [-0.4, -0.2) is 31.8 Å². The zero-order valence-corrected chi connectivity index (χ0v) is 10.1. The highest BCUT2D eigenvalue weighted by molar-refractivity contribution is 7.85. The van der Waals surface area contributed by atoms with Gasteiger partial charge in [-0.2, -0.15) is 8.42 Å². The zero-order valence-electron chi connectivity index (χ0n) is 9.26. The highest BCUT2D eigenvalue weighted by atomic mass is 32.2. The second-order valence-corrected chi connectivity index (χ2v) is 4.37. The Hall–Kier alpha value is -0.880. The molecule has 0 rings (SSSR count). The van der Waals surface area contributed by atoms with E-state index < -0.39 is 10.1 Å². The van der Waals surface area contributed by atoms with Crippen LogP contribution >= 0.6 is 0 Å². The van der Waals surface area contributed by atoms with Crippen LogP contribution in [0.15, 0.2) is 12.7 Å². The van der Waals surface area contributed by atoms with E-state index in [1.165, 1.54) is 7.11 Å². The Morgan fingerprint density at radius 1 is 1.60 bits per heavy atom. The molecule has 6 heteroatoms. The fourth-order valence-electron chi connectivity index (χ4n) is 0.517. The standard InChI is InChI=1S/C6H12O2.C3H6O3S/c1-4-5(2)6(7)8-3;1-2-3-7(4,5)6/h5H,4H2,1-3H3;2H,1,3H2,(H,4,5,6). The predicted molar refractivity (Wildman–Crippen MR) is 58.1 cm³/mol. The molecule has 0 fully saturated rings. The van der Waals surface area contributed by atoms with Gasteiger partial charge < -0.3 is 4.74 Å². The topological polar surface area (TPSA) is 80.7 Å². The van der Waals surface area contributed by atoms with E-state index in [1.807, 2.05) is 13.8 Å². The molecule has 0 aliphatic rings. The average Bonchev–Trinajstić information content (AvgIpc) is 2.14. The first-order valence-corrected chi connectivity index (χ1v) is 6.03. The first kappa shape index (κ1) is 16.5. The molecule has 0 aromatic rings. The van der Waals surface area contributed by atoms with E-state index in [0.717, 1.165) is 12.5 Å². The van der Waals surface area contributed by atoms with E-state index in [0.29, 0.717) is 0 Å². The highest BCUT2D eigenvalue weighted by Crippen LogP contribution is 2.00. The maximum absolute atomic E-state index is 10.5. The molecule has 0 aromatic carbocycles. The molecule has 0 radical (unpaired) electrons. The SMILES string of the molecule is C=CCS(=O)(=O)O.CCC(C)C(=O)OC. The Bertz CT molecular complexity index is 281. The Morgan fingerprint density at radius 3 is 2.13 bits per heavy atom. The molecular weight excluding hydrogens is 220 g/mol. The number of rotatable bonds is 4. The summed E-state index contributed by atoms with van der Waals surface area (Å²) in [6.07, 6.45) is 1.97. The summed E-state index contributed by atoms with van der Waals surface area (Å²) in [4.78, 5) is 10.5. The lowest BCUT2D eigenvalue weighted by Gasteiger charge is -2.02. The Morgan fingerprint density at radius 2 is 2.07 bits per heavy atom. The van der Waals surface area contributed by atoms with Gasteiger partial charge in [-0.05, 0) is 6.42 Å². The third-order valence-corrected chi connectivity index (χ3v) is 2.20. The van der Waals surface area contributed by atoms with Crippen LogP contribution in [-0.2, 0) is 19.6 Å². The lowest BCUT2D eigenvalue weighted by Crippen LogP contribution is -2.10. The third kappa shape index (κ3) is 13.1. The minimum atomic E-state index is -3.79. The number of esters is 1. The molecule has 1 unspecified atom stereocenters. The molecule has 0 aliphatic heterocycles. The molecule has 0 saturated carbocycles. The van der Waals surface area contributed by atoms with E-state index in [9.17, 15) is 13.2 Å². The predicted octanol–water partition coefficient (Wildman–Crippen LogP) is 1.27. The van der Waals surface area contributed by atoms with Gasteiger partial charge in [-0.3, -0.25) is 9.35 Å². The summed E-state index contributed by atoms with van der Waals surface area (Å²) < 4.78 is 31.8. The molecule has 1 atom stereocenters. The van der Waals surface area contributed by atoms with Crippen LogP contribution in [0.4, 0.5) is 0 Å². The van der Waals surface area contributed by atoms with Gasteiger partial charge in [0.1, 0.15) is 0 Å². The normalized spacial score (nSPS) is 12.0. The van der Waals surface area contributed by atoms with Gasteiger partial charge in [0.05, 0.1) is 18.8 Å². The maximum Gasteiger partial charge on any atom is 0.308 e. The summed E-state index contributed by atoms with van der Waals surface area (Å²) in [6, 6.07) is 0. The first-order valence-electron chi connectivity index (χ1n) is 4.42. The second kappa shape index (κ2) is 8.43. The van der Waals surface area contributed by atoms with Crippen molar-refractivity contribution in [2.45, 2.75) is 20.3 Å². The minimum Gasteiger partial charge on any atom is -0.469 e. The lowest BCUT2D eigenvalue weighted by atomic mass is 10.1. The van der Waals surface area contributed by atoms with E-state index in [2.05, 4.69) is 11.3 Å². The van der Waals surface area contributed by atoms with Crippen molar-refractivity contribution in [3.8, 4) is 0 Å². The fourth-order valence-corrected chi connectivity index (χ4v) is 0.815. The molecule has 0 spiro atoms. The minimum absolute atomic E-state index is 0.0556. The molecule has 0 aliphatic carbocycles. The molecular formula is C9H18O5S. The van der Waals surface area contributed by atoms with E-state index in [4.69, 9.17) is 4.55 Å². The largest absolute Gasteiger partial charge is 0.469 e. The van der Waals surface area contributed by atoms with Crippen LogP contribution in [0.1, 0.15) is 20.3 Å². The molecule has 0 amide bonds. The monoisotopic (exact) mass is 238 g/mol. The van der Waals surface area contributed by atoms with Crippen molar-refractivity contribution in [1.29, 1.82) is 0 Å². The van der Waals surface area contributed by atoms with Crippen LogP contribution in [0, 0.1) is 5.92 Å². The van der Waals surface area contributed by atoms with E-state index >= 15 is 0 Å². The van der Waals surface area contributed by atoms with Crippen molar-refractivity contribution in [1.82, 2.24) is 0 Å². The number of hydrogen-bond acceptors (Lipinski definition) is 4. The van der Waals surface area contributed by atoms with Crippen LogP contribution in [0.5, 0.6) is 0 Å². The van der Waals surface area contributed by atoms with Crippen molar-refractivity contribution in [3.63, 3.8) is 0 Å². The van der Waals surface area contributed by atoms with Gasteiger partial charge in [0.15, 0.2) is 0 Å². The number of hydrogen-bond donors (Lipinski definition) is 1. The summed E-state index contributed by atoms with van der Waals surface area (Å²) in [7, 11) is -2.38. The van der Waals surface area contributed by atoms with Gasteiger partial charge in [-0.15, -0.1) is 6.58 Å². The van der Waals surface area contributed by atoms with E-state index in [-0.39, 0.29) is 17.6 Å². The molecule has 90 valence electrons. The van der Waals surface area contributed by atoms with Crippen molar-refractivity contribution in [2.24, 2.45) is 5.92 Å². The first-order chi connectivity index (χ1) is 6.78. The number of methoxy groups -OCH3 is 1. The summed E-state index contributed by atoms with van der Waals surface area (Å²) in [5.74, 6) is -0.431. The van der Waals surface area contributed by atoms with Gasteiger partial charge >= 0.3 is 5.97 Å². The Kier molecular flexibility index (Phi) is 9.30. The van der Waals surface area contributed by atoms with Crippen molar-refractivity contribution in [3.05, 3.63) is 12.7 Å². The molecule has 1 N–H and O–H groups in total. The Labute approximate surface area is 90.9 Å². The number of carbonyl (C=O) groups excluding carboxylic acids is 1. The third-order valence-electron chi connectivity index (χ3n) is 1.54. The quantitative estimate of drug-likeness (QED) is 0.453. The van der Waals surface area contributed by atoms with Crippen molar-refractivity contribution in [2.75, 3.05) is 12.9 Å². The summed E-state index contributed by atoms with van der Waals surface area (Å²) in [5.41, 5.74) is 0. The molecule has 0 aromatic heterocycles. The molecule has 5 nitrogen and oxygen atoms in total. The number of carbonyl (C=O) groups is 1. The van der Waals surface area contributed by atoms with Crippen LogP contribution in [0.3, 0.4) is 0 Å². The Balaban J connectivity index is 0. The summed E-state index contributed by atoms with van der Waals surface area (Å²) in [5, 5.41) is 0. The fraction of sp³-hybridized carbons (Fsp3) is 0.667. The number of ether oxygens (including phenoxy) is 1. The van der Waals surface area contributed by atoms with Crippen molar-refractivity contribution < 1.29 is 22.5 Å². The lowest BCUT2D eigenvalue weighted by molar-refractivity contribution is -0.144.